The van der Waals surface area contributed by atoms with E-state index in [1.165, 1.54) is 0 Å². The Hall–Kier alpha value is -1.29. The van der Waals surface area contributed by atoms with Crippen molar-refractivity contribution in [1.82, 2.24) is 5.32 Å². The summed E-state index contributed by atoms with van der Waals surface area (Å²) in [7, 11) is 0. The van der Waals surface area contributed by atoms with Gasteiger partial charge in [-0.3, -0.25) is 0 Å². The number of hydrogen-bond acceptors (Lipinski definition) is 3. The lowest BCUT2D eigenvalue weighted by molar-refractivity contribution is 0.174. The Bertz CT molecular complexity index is 441. The van der Waals surface area contributed by atoms with Crippen molar-refractivity contribution in [1.29, 1.82) is 0 Å². The van der Waals surface area contributed by atoms with E-state index in [0.29, 0.717) is 11.3 Å². The van der Waals surface area contributed by atoms with Crippen molar-refractivity contribution in [3.63, 3.8) is 0 Å². The number of alkyl halides is 1. The minimum Gasteiger partial charge on any atom is -0.454 e. The third-order valence-corrected chi connectivity index (χ3v) is 3.71. The first-order valence-corrected chi connectivity index (χ1v) is 5.97. The highest BCUT2D eigenvalue weighted by atomic mass is 19.1. The Labute approximate surface area is 99.9 Å². The van der Waals surface area contributed by atoms with Crippen LogP contribution in [-0.4, -0.2) is 13.3 Å². The molecule has 92 valence electrons. The van der Waals surface area contributed by atoms with Crippen molar-refractivity contribution < 1.29 is 13.9 Å². The summed E-state index contributed by atoms with van der Waals surface area (Å²) in [4.78, 5) is 0. The van der Waals surface area contributed by atoms with Crippen LogP contribution in [0, 0.1) is 0 Å². The molecule has 0 amide bonds. The fraction of sp³-hybridized carbons (Fsp3) is 0.538. The van der Waals surface area contributed by atoms with Gasteiger partial charge in [-0.25, -0.2) is 4.39 Å². The summed E-state index contributed by atoms with van der Waals surface area (Å²) in [5, 5.41) is 3.45. The molecule has 1 saturated heterocycles. The van der Waals surface area contributed by atoms with Gasteiger partial charge in [-0.15, -0.1) is 0 Å². The van der Waals surface area contributed by atoms with Crippen LogP contribution in [0.25, 0.3) is 0 Å². The number of ether oxygens (including phenoxy) is 2. The molecule has 1 aromatic carbocycles. The molecule has 2 aliphatic heterocycles. The van der Waals surface area contributed by atoms with E-state index in [1.54, 1.807) is 6.07 Å². The van der Waals surface area contributed by atoms with Crippen LogP contribution in [0.15, 0.2) is 12.1 Å². The summed E-state index contributed by atoms with van der Waals surface area (Å²) in [6.07, 6.45) is 2.15. The quantitative estimate of drug-likeness (QED) is 0.857. The van der Waals surface area contributed by atoms with Crippen molar-refractivity contribution in [2.75, 3.05) is 13.3 Å². The van der Waals surface area contributed by atoms with Crippen LogP contribution < -0.4 is 14.8 Å². The van der Waals surface area contributed by atoms with Gasteiger partial charge in [-0.1, -0.05) is 0 Å². The second-order valence-electron chi connectivity index (χ2n) is 4.86. The molecule has 4 heteroatoms. The molecule has 0 bridgehead atoms. The predicted molar refractivity (Wildman–Crippen MR) is 62.0 cm³/mol. The van der Waals surface area contributed by atoms with Crippen LogP contribution in [0.2, 0.25) is 0 Å². The normalized spacial score (nSPS) is 26.5. The second-order valence-corrected chi connectivity index (χ2v) is 4.86. The lowest BCUT2D eigenvalue weighted by atomic mass is 9.87. The SMILES string of the molecule is CC1(c2cc3c(cc2CF)OCO3)CCCN1. The zero-order valence-corrected chi connectivity index (χ0v) is 9.88. The number of benzene rings is 1. The van der Waals surface area contributed by atoms with Crippen molar-refractivity contribution in [2.45, 2.75) is 32.0 Å². The van der Waals surface area contributed by atoms with Gasteiger partial charge < -0.3 is 14.8 Å². The summed E-state index contributed by atoms with van der Waals surface area (Å²) >= 11 is 0. The van der Waals surface area contributed by atoms with Crippen molar-refractivity contribution in [3.8, 4) is 11.5 Å². The number of hydrogen-bond donors (Lipinski definition) is 1. The second kappa shape index (κ2) is 3.88. The third kappa shape index (κ3) is 1.67. The summed E-state index contributed by atoms with van der Waals surface area (Å²) in [5.41, 5.74) is 1.57. The van der Waals surface area contributed by atoms with Gasteiger partial charge >= 0.3 is 0 Å². The van der Waals surface area contributed by atoms with E-state index in [2.05, 4.69) is 12.2 Å². The van der Waals surface area contributed by atoms with Crippen LogP contribution >= 0.6 is 0 Å². The molecule has 2 heterocycles. The fourth-order valence-corrected chi connectivity index (χ4v) is 2.73. The highest BCUT2D eigenvalue weighted by molar-refractivity contribution is 5.51. The topological polar surface area (TPSA) is 30.5 Å². The Balaban J connectivity index is 2.08. The molecule has 0 radical (unpaired) electrons. The lowest BCUT2D eigenvalue weighted by Crippen LogP contribution is -2.34. The summed E-state index contributed by atoms with van der Waals surface area (Å²) < 4.78 is 23.8. The maximum absolute atomic E-state index is 13.2. The maximum atomic E-state index is 13.2. The smallest absolute Gasteiger partial charge is 0.231 e. The largest absolute Gasteiger partial charge is 0.454 e. The lowest BCUT2D eigenvalue weighted by Gasteiger charge is -2.27. The number of halogens is 1. The minimum absolute atomic E-state index is 0.137. The predicted octanol–water partition coefficient (Wildman–Crippen LogP) is 2.48. The van der Waals surface area contributed by atoms with E-state index in [4.69, 9.17) is 9.47 Å². The number of nitrogens with one attached hydrogen (secondary N) is 1. The molecular weight excluding hydrogens is 221 g/mol. The monoisotopic (exact) mass is 237 g/mol. The molecular formula is C13H16FNO2. The van der Waals surface area contributed by atoms with Gasteiger partial charge in [-0.05, 0) is 49.6 Å². The number of rotatable bonds is 2. The molecule has 1 fully saturated rings. The first-order valence-electron chi connectivity index (χ1n) is 5.97. The van der Waals surface area contributed by atoms with Gasteiger partial charge in [0.05, 0.1) is 0 Å². The molecule has 1 unspecified atom stereocenters. The Kier molecular flexibility index (Phi) is 2.47. The summed E-state index contributed by atoms with van der Waals surface area (Å²) in [6.45, 7) is 2.87. The van der Waals surface area contributed by atoms with Gasteiger partial charge in [0, 0.05) is 5.54 Å². The maximum Gasteiger partial charge on any atom is 0.231 e. The Morgan fingerprint density at radius 1 is 1.35 bits per heavy atom. The third-order valence-electron chi connectivity index (χ3n) is 3.71. The van der Waals surface area contributed by atoms with Gasteiger partial charge in [-0.2, -0.15) is 0 Å². The highest BCUT2D eigenvalue weighted by Crippen LogP contribution is 2.41. The average molecular weight is 237 g/mol. The average Bonchev–Trinajstić information content (AvgIpc) is 2.95. The zero-order chi connectivity index (χ0) is 11.9. The molecule has 0 saturated carbocycles. The van der Waals surface area contributed by atoms with E-state index >= 15 is 0 Å². The van der Waals surface area contributed by atoms with Crippen molar-refractivity contribution in [3.05, 3.63) is 23.3 Å². The molecule has 3 rings (SSSR count). The molecule has 17 heavy (non-hydrogen) atoms. The first kappa shape index (κ1) is 10.8. The van der Waals surface area contributed by atoms with Crippen molar-refractivity contribution >= 4 is 0 Å². The number of fused-ring (bicyclic) bond motifs is 1. The van der Waals surface area contributed by atoms with E-state index < -0.39 is 6.67 Å². The fourth-order valence-electron chi connectivity index (χ4n) is 2.73. The first-order chi connectivity index (χ1) is 8.23. The van der Waals surface area contributed by atoms with Crippen LogP contribution in [0.4, 0.5) is 4.39 Å². The highest BCUT2D eigenvalue weighted by Gasteiger charge is 2.33. The van der Waals surface area contributed by atoms with Crippen LogP contribution in [0.5, 0.6) is 11.5 Å². The molecule has 1 N–H and O–H groups in total. The molecule has 0 spiro atoms. The molecule has 0 aliphatic carbocycles. The van der Waals surface area contributed by atoms with Gasteiger partial charge in [0.1, 0.15) is 6.67 Å². The molecule has 3 nitrogen and oxygen atoms in total. The molecule has 0 aromatic heterocycles. The van der Waals surface area contributed by atoms with Gasteiger partial charge in [0.15, 0.2) is 11.5 Å². The van der Waals surface area contributed by atoms with Crippen LogP contribution in [0.1, 0.15) is 30.9 Å². The Morgan fingerprint density at radius 2 is 2.12 bits per heavy atom. The molecule has 1 aromatic rings. The Morgan fingerprint density at radius 3 is 2.76 bits per heavy atom. The van der Waals surface area contributed by atoms with E-state index in [0.717, 1.165) is 30.7 Å². The van der Waals surface area contributed by atoms with E-state index in [-0.39, 0.29) is 12.3 Å². The molecule has 1 atom stereocenters. The van der Waals surface area contributed by atoms with Gasteiger partial charge in [0.2, 0.25) is 6.79 Å². The summed E-state index contributed by atoms with van der Waals surface area (Å²) in [6, 6.07) is 3.69. The van der Waals surface area contributed by atoms with E-state index in [9.17, 15) is 4.39 Å². The zero-order valence-electron chi connectivity index (χ0n) is 9.88. The van der Waals surface area contributed by atoms with Crippen LogP contribution in [0.3, 0.4) is 0 Å². The van der Waals surface area contributed by atoms with Gasteiger partial charge in [0.25, 0.3) is 0 Å². The standard InChI is InChI=1S/C13H16FNO2/c1-13(3-2-4-15-13)10-6-12-11(16-8-17-12)5-9(10)7-14/h5-6,15H,2-4,7-8H2,1H3. The minimum atomic E-state index is -0.469. The summed E-state index contributed by atoms with van der Waals surface area (Å²) in [5.74, 6) is 1.38. The molecule has 2 aliphatic rings. The van der Waals surface area contributed by atoms with Crippen molar-refractivity contribution in [2.24, 2.45) is 0 Å². The van der Waals surface area contributed by atoms with E-state index in [1.807, 2.05) is 6.07 Å². The van der Waals surface area contributed by atoms with Crippen LogP contribution in [-0.2, 0) is 12.2 Å².